The smallest absolute Gasteiger partial charge is 0.140 e. The SMILES string of the molecule is CC(N)C1NNc2cc(C(C)(C)C)nn21. The first-order chi connectivity index (χ1) is 6.89. The topological polar surface area (TPSA) is 67.9 Å². The van der Waals surface area contributed by atoms with Crippen LogP contribution < -0.4 is 16.6 Å². The van der Waals surface area contributed by atoms with Crippen LogP contribution in [0, 0.1) is 0 Å². The van der Waals surface area contributed by atoms with E-state index in [0.29, 0.717) is 0 Å². The Kier molecular flexibility index (Phi) is 2.24. The van der Waals surface area contributed by atoms with Gasteiger partial charge in [-0.2, -0.15) is 5.10 Å². The fraction of sp³-hybridized carbons (Fsp3) is 0.700. The van der Waals surface area contributed by atoms with Crippen molar-refractivity contribution in [1.29, 1.82) is 0 Å². The van der Waals surface area contributed by atoms with E-state index in [9.17, 15) is 0 Å². The molecule has 5 nitrogen and oxygen atoms in total. The number of aromatic nitrogens is 2. The zero-order chi connectivity index (χ0) is 11.2. The van der Waals surface area contributed by atoms with E-state index in [1.807, 2.05) is 11.6 Å². The minimum atomic E-state index is 0.0199. The van der Waals surface area contributed by atoms with Gasteiger partial charge in [0.05, 0.1) is 5.69 Å². The summed E-state index contributed by atoms with van der Waals surface area (Å²) in [6, 6.07) is 2.08. The summed E-state index contributed by atoms with van der Waals surface area (Å²) in [7, 11) is 0. The Bertz CT molecular complexity index is 360. The average Bonchev–Trinajstić information content (AvgIpc) is 2.56. The normalized spacial score (nSPS) is 22.3. The number of rotatable bonds is 1. The van der Waals surface area contributed by atoms with Crippen LogP contribution in [0.25, 0.3) is 0 Å². The number of nitrogens with two attached hydrogens (primary N) is 1. The summed E-state index contributed by atoms with van der Waals surface area (Å²) < 4.78 is 1.92. The second-order valence-electron chi connectivity index (χ2n) is 5.18. The van der Waals surface area contributed by atoms with Crippen molar-refractivity contribution in [3.8, 4) is 0 Å². The summed E-state index contributed by atoms with van der Waals surface area (Å²) in [6.07, 6.45) is 0.0381. The molecule has 1 aliphatic heterocycles. The monoisotopic (exact) mass is 209 g/mol. The van der Waals surface area contributed by atoms with Crippen LogP contribution in [0.15, 0.2) is 6.07 Å². The molecule has 0 spiro atoms. The lowest BCUT2D eigenvalue weighted by Crippen LogP contribution is -2.37. The maximum atomic E-state index is 5.87. The van der Waals surface area contributed by atoms with Crippen LogP contribution in [0.3, 0.4) is 0 Å². The molecule has 0 aromatic carbocycles. The van der Waals surface area contributed by atoms with Crippen LogP contribution in [0.1, 0.15) is 39.6 Å². The molecule has 1 aromatic rings. The van der Waals surface area contributed by atoms with Crippen molar-refractivity contribution in [3.63, 3.8) is 0 Å². The number of nitrogens with zero attached hydrogens (tertiary/aromatic N) is 2. The highest BCUT2D eigenvalue weighted by molar-refractivity contribution is 5.41. The third kappa shape index (κ3) is 1.72. The average molecular weight is 209 g/mol. The molecule has 4 N–H and O–H groups in total. The van der Waals surface area contributed by atoms with Gasteiger partial charge in [0.2, 0.25) is 0 Å². The Morgan fingerprint density at radius 3 is 2.73 bits per heavy atom. The Labute approximate surface area is 90.0 Å². The molecular formula is C10H19N5. The Balaban J connectivity index is 2.34. The van der Waals surface area contributed by atoms with Crippen molar-refractivity contribution >= 4 is 5.82 Å². The van der Waals surface area contributed by atoms with Crippen molar-refractivity contribution in [3.05, 3.63) is 11.8 Å². The molecule has 1 aliphatic rings. The quantitative estimate of drug-likeness (QED) is 0.644. The summed E-state index contributed by atoms with van der Waals surface area (Å²) in [5.41, 5.74) is 13.2. The molecule has 2 atom stereocenters. The highest BCUT2D eigenvalue weighted by atomic mass is 15.6. The number of anilines is 1. The molecule has 0 aliphatic carbocycles. The molecular weight excluding hydrogens is 190 g/mol. The summed E-state index contributed by atoms with van der Waals surface area (Å²) in [4.78, 5) is 0. The second-order valence-corrected chi connectivity index (χ2v) is 5.18. The molecule has 0 saturated carbocycles. The molecule has 0 bridgehead atoms. The van der Waals surface area contributed by atoms with E-state index in [1.54, 1.807) is 0 Å². The first-order valence-corrected chi connectivity index (χ1v) is 5.27. The summed E-state index contributed by atoms with van der Waals surface area (Å²) >= 11 is 0. The van der Waals surface area contributed by atoms with Crippen LogP contribution in [0.5, 0.6) is 0 Å². The van der Waals surface area contributed by atoms with Crippen LogP contribution in [0.4, 0.5) is 5.82 Å². The zero-order valence-electron chi connectivity index (χ0n) is 9.70. The van der Waals surface area contributed by atoms with Gasteiger partial charge in [-0.1, -0.05) is 20.8 Å². The fourth-order valence-electron chi connectivity index (χ4n) is 1.63. The summed E-state index contributed by atoms with van der Waals surface area (Å²) in [6.45, 7) is 8.42. The zero-order valence-corrected chi connectivity index (χ0v) is 9.70. The predicted octanol–water partition coefficient (Wildman–Crippen LogP) is 0.956. The largest absolute Gasteiger partial charge is 0.325 e. The molecule has 5 heteroatoms. The van der Waals surface area contributed by atoms with Crippen LogP contribution in [-0.2, 0) is 5.41 Å². The van der Waals surface area contributed by atoms with E-state index >= 15 is 0 Å². The van der Waals surface area contributed by atoms with Crippen molar-refractivity contribution < 1.29 is 0 Å². The minimum Gasteiger partial charge on any atom is -0.325 e. The maximum Gasteiger partial charge on any atom is 0.140 e. The van der Waals surface area contributed by atoms with Crippen molar-refractivity contribution in [2.75, 3.05) is 5.43 Å². The molecule has 84 valence electrons. The molecule has 15 heavy (non-hydrogen) atoms. The van der Waals surface area contributed by atoms with Crippen molar-refractivity contribution in [2.45, 2.75) is 45.3 Å². The van der Waals surface area contributed by atoms with Gasteiger partial charge in [-0.15, -0.1) is 0 Å². The van der Waals surface area contributed by atoms with E-state index < -0.39 is 0 Å². The lowest BCUT2D eigenvalue weighted by molar-refractivity contribution is 0.375. The predicted molar refractivity (Wildman–Crippen MR) is 60.4 cm³/mol. The highest BCUT2D eigenvalue weighted by Crippen LogP contribution is 2.28. The van der Waals surface area contributed by atoms with E-state index in [2.05, 4.69) is 42.8 Å². The minimum absolute atomic E-state index is 0.0199. The Hall–Kier alpha value is -1.07. The van der Waals surface area contributed by atoms with Gasteiger partial charge in [0.1, 0.15) is 12.0 Å². The molecule has 0 radical (unpaired) electrons. The number of hydrogen-bond donors (Lipinski definition) is 3. The van der Waals surface area contributed by atoms with Gasteiger partial charge in [0.15, 0.2) is 0 Å². The molecule has 0 saturated heterocycles. The van der Waals surface area contributed by atoms with Crippen LogP contribution >= 0.6 is 0 Å². The molecule has 0 amide bonds. The van der Waals surface area contributed by atoms with E-state index in [1.165, 1.54) is 0 Å². The van der Waals surface area contributed by atoms with E-state index in [0.717, 1.165) is 11.5 Å². The van der Waals surface area contributed by atoms with E-state index in [-0.39, 0.29) is 17.6 Å². The molecule has 0 fully saturated rings. The van der Waals surface area contributed by atoms with E-state index in [4.69, 9.17) is 5.73 Å². The van der Waals surface area contributed by atoms with Gasteiger partial charge in [-0.3, -0.25) is 0 Å². The van der Waals surface area contributed by atoms with Crippen molar-refractivity contribution in [2.24, 2.45) is 5.73 Å². The second kappa shape index (κ2) is 3.21. The van der Waals surface area contributed by atoms with Crippen LogP contribution in [-0.4, -0.2) is 15.8 Å². The fourth-order valence-corrected chi connectivity index (χ4v) is 1.63. The summed E-state index contributed by atoms with van der Waals surface area (Å²) in [5, 5.41) is 4.58. The van der Waals surface area contributed by atoms with Gasteiger partial charge in [0.25, 0.3) is 0 Å². The lowest BCUT2D eigenvalue weighted by Gasteiger charge is -2.18. The lowest BCUT2D eigenvalue weighted by atomic mass is 9.92. The number of hydrogen-bond acceptors (Lipinski definition) is 4. The molecule has 2 rings (SSSR count). The van der Waals surface area contributed by atoms with Gasteiger partial charge in [0, 0.05) is 17.5 Å². The standard InChI is InChI=1S/C10H19N5/c1-6(11)9-13-12-8-5-7(10(2,3)4)14-15(8)9/h5-6,9,12-13H,11H2,1-4H3. The Morgan fingerprint density at radius 2 is 2.20 bits per heavy atom. The number of hydrazine groups is 1. The molecule has 2 heterocycles. The van der Waals surface area contributed by atoms with Gasteiger partial charge in [-0.25, -0.2) is 10.1 Å². The number of nitrogens with one attached hydrogen (secondary N) is 2. The highest BCUT2D eigenvalue weighted by Gasteiger charge is 2.29. The maximum absolute atomic E-state index is 5.87. The molecule has 1 aromatic heterocycles. The summed E-state index contributed by atoms with van der Waals surface area (Å²) in [5.74, 6) is 0.988. The van der Waals surface area contributed by atoms with Crippen molar-refractivity contribution in [1.82, 2.24) is 15.2 Å². The van der Waals surface area contributed by atoms with Crippen LogP contribution in [0.2, 0.25) is 0 Å². The Morgan fingerprint density at radius 1 is 1.53 bits per heavy atom. The first-order valence-electron chi connectivity index (χ1n) is 5.27. The van der Waals surface area contributed by atoms with Gasteiger partial charge in [-0.05, 0) is 6.92 Å². The number of fused-ring (bicyclic) bond motifs is 1. The third-order valence-electron chi connectivity index (χ3n) is 2.61. The van der Waals surface area contributed by atoms with Gasteiger partial charge >= 0.3 is 0 Å². The third-order valence-corrected chi connectivity index (χ3v) is 2.61. The first kappa shape index (κ1) is 10.4. The van der Waals surface area contributed by atoms with Gasteiger partial charge < -0.3 is 11.2 Å². The molecule has 2 unspecified atom stereocenters.